The van der Waals surface area contributed by atoms with E-state index in [9.17, 15) is 9.59 Å². The fourth-order valence-electron chi connectivity index (χ4n) is 3.25. The number of hydrogen-bond donors (Lipinski definition) is 0. The number of rotatable bonds is 4. The van der Waals surface area contributed by atoms with Crippen molar-refractivity contribution in [3.63, 3.8) is 0 Å². The van der Waals surface area contributed by atoms with E-state index in [0.717, 1.165) is 22.2 Å². The Balaban J connectivity index is 1.89. The van der Waals surface area contributed by atoms with E-state index in [1.165, 1.54) is 18.3 Å². The van der Waals surface area contributed by atoms with Gasteiger partial charge in [-0.2, -0.15) is 0 Å². The molecule has 0 atom stereocenters. The standard InChI is InChI=1S/C22H19ClN2O4S/c1-5-28-18-9-14(8-15(23)20(18)29-13(4)26)10-19-21(27)25-17-7-12(3)11(2)6-16(17)24-22(25)30-19/h6-10H,5H2,1-4H3/b19-10-. The van der Waals surface area contributed by atoms with Gasteiger partial charge in [-0.25, -0.2) is 9.38 Å². The lowest BCUT2D eigenvalue weighted by Gasteiger charge is -2.12. The number of nitrogens with zero attached hydrogens (tertiary/aromatic N) is 2. The minimum absolute atomic E-state index is 0.140. The van der Waals surface area contributed by atoms with Gasteiger partial charge >= 0.3 is 5.97 Å². The highest BCUT2D eigenvalue weighted by Crippen LogP contribution is 2.37. The number of hydrogen-bond acceptors (Lipinski definition) is 6. The number of esters is 1. The molecule has 0 N–H and O–H groups in total. The Labute approximate surface area is 181 Å². The summed E-state index contributed by atoms with van der Waals surface area (Å²) in [5.41, 5.74) is 4.37. The van der Waals surface area contributed by atoms with E-state index in [-0.39, 0.29) is 16.3 Å². The Kier molecular flexibility index (Phi) is 5.26. The van der Waals surface area contributed by atoms with Gasteiger partial charge in [0.1, 0.15) is 0 Å². The molecule has 0 aliphatic carbocycles. The summed E-state index contributed by atoms with van der Waals surface area (Å²) >= 11 is 7.63. The second-order valence-electron chi connectivity index (χ2n) is 6.93. The van der Waals surface area contributed by atoms with E-state index >= 15 is 0 Å². The Morgan fingerprint density at radius 1 is 1.23 bits per heavy atom. The molecule has 0 saturated heterocycles. The zero-order valence-electron chi connectivity index (χ0n) is 16.9. The first-order valence-corrected chi connectivity index (χ1v) is 10.6. The molecular weight excluding hydrogens is 424 g/mol. The Morgan fingerprint density at radius 2 is 1.97 bits per heavy atom. The van der Waals surface area contributed by atoms with E-state index in [2.05, 4.69) is 4.98 Å². The molecule has 0 radical (unpaired) electrons. The van der Waals surface area contributed by atoms with Crippen LogP contribution in [0.2, 0.25) is 5.02 Å². The van der Waals surface area contributed by atoms with Crippen molar-refractivity contribution in [3.8, 4) is 11.5 Å². The highest BCUT2D eigenvalue weighted by atomic mass is 35.5. The van der Waals surface area contributed by atoms with E-state index < -0.39 is 5.97 Å². The number of aryl methyl sites for hydroxylation is 2. The molecule has 4 aromatic rings. The zero-order chi connectivity index (χ0) is 21.6. The lowest BCUT2D eigenvalue weighted by molar-refractivity contribution is -0.132. The molecule has 8 heteroatoms. The summed E-state index contributed by atoms with van der Waals surface area (Å²) in [6, 6.07) is 7.31. The molecule has 0 amide bonds. The summed E-state index contributed by atoms with van der Waals surface area (Å²) in [5.74, 6) is 0.0217. The molecule has 0 bridgehead atoms. The zero-order valence-corrected chi connectivity index (χ0v) is 18.5. The summed E-state index contributed by atoms with van der Waals surface area (Å²) in [4.78, 5) is 29.7. The fourth-order valence-corrected chi connectivity index (χ4v) is 4.49. The SMILES string of the molecule is CCOc1cc(/C=c2\sc3nc4cc(C)c(C)cc4n3c2=O)cc(Cl)c1OC(C)=O. The van der Waals surface area contributed by atoms with Gasteiger partial charge in [0, 0.05) is 6.92 Å². The molecule has 2 heterocycles. The van der Waals surface area contributed by atoms with Crippen LogP contribution in [0.1, 0.15) is 30.5 Å². The number of imidazole rings is 1. The van der Waals surface area contributed by atoms with Crippen LogP contribution < -0.4 is 19.6 Å². The van der Waals surface area contributed by atoms with Crippen LogP contribution >= 0.6 is 22.9 Å². The third-order valence-corrected chi connectivity index (χ3v) is 5.98. The van der Waals surface area contributed by atoms with Crippen LogP contribution in [-0.2, 0) is 4.79 Å². The Bertz CT molecular complexity index is 1420. The van der Waals surface area contributed by atoms with Crippen molar-refractivity contribution in [1.82, 2.24) is 9.38 Å². The Hall–Kier alpha value is -2.90. The number of aromatic nitrogens is 2. The van der Waals surface area contributed by atoms with Gasteiger partial charge in [-0.1, -0.05) is 22.9 Å². The largest absolute Gasteiger partial charge is 0.490 e. The molecule has 2 aromatic carbocycles. The predicted molar refractivity (Wildman–Crippen MR) is 119 cm³/mol. The smallest absolute Gasteiger partial charge is 0.308 e. The van der Waals surface area contributed by atoms with Crippen LogP contribution in [0.25, 0.3) is 22.1 Å². The topological polar surface area (TPSA) is 69.9 Å². The lowest BCUT2D eigenvalue weighted by atomic mass is 10.1. The van der Waals surface area contributed by atoms with Crippen LogP contribution in [0.4, 0.5) is 0 Å². The number of fused-ring (bicyclic) bond motifs is 3. The van der Waals surface area contributed by atoms with E-state index in [1.54, 1.807) is 22.6 Å². The van der Waals surface area contributed by atoms with Crippen molar-refractivity contribution in [2.45, 2.75) is 27.7 Å². The third-order valence-electron chi connectivity index (χ3n) is 4.73. The summed E-state index contributed by atoms with van der Waals surface area (Å²) in [7, 11) is 0. The van der Waals surface area contributed by atoms with E-state index in [4.69, 9.17) is 21.1 Å². The molecule has 0 unspecified atom stereocenters. The summed E-state index contributed by atoms with van der Waals surface area (Å²) in [5, 5.41) is 0.229. The summed E-state index contributed by atoms with van der Waals surface area (Å²) in [6.07, 6.45) is 1.74. The van der Waals surface area contributed by atoms with Gasteiger partial charge in [0.15, 0.2) is 16.5 Å². The minimum Gasteiger partial charge on any atom is -0.490 e. The number of ether oxygens (including phenoxy) is 2. The highest BCUT2D eigenvalue weighted by Gasteiger charge is 2.16. The average molecular weight is 443 g/mol. The number of thiazole rings is 1. The van der Waals surface area contributed by atoms with Crippen molar-refractivity contribution >= 4 is 51.0 Å². The fraction of sp³-hybridized carbons (Fsp3) is 0.227. The second kappa shape index (κ2) is 7.74. The molecule has 4 rings (SSSR count). The molecule has 0 aliphatic heterocycles. The van der Waals surface area contributed by atoms with Gasteiger partial charge in [0.25, 0.3) is 5.56 Å². The van der Waals surface area contributed by atoms with Crippen LogP contribution in [0.15, 0.2) is 29.1 Å². The number of benzene rings is 2. The molecule has 0 spiro atoms. The monoisotopic (exact) mass is 442 g/mol. The maximum Gasteiger partial charge on any atom is 0.308 e. The first-order valence-electron chi connectivity index (χ1n) is 9.37. The van der Waals surface area contributed by atoms with Crippen molar-refractivity contribution in [1.29, 1.82) is 0 Å². The van der Waals surface area contributed by atoms with Crippen molar-refractivity contribution in [2.75, 3.05) is 6.61 Å². The van der Waals surface area contributed by atoms with Crippen molar-refractivity contribution in [2.24, 2.45) is 0 Å². The van der Waals surface area contributed by atoms with Gasteiger partial charge in [-0.15, -0.1) is 0 Å². The normalized spacial score (nSPS) is 12.1. The van der Waals surface area contributed by atoms with Crippen LogP contribution in [-0.4, -0.2) is 22.0 Å². The minimum atomic E-state index is -0.492. The Morgan fingerprint density at radius 3 is 2.67 bits per heavy atom. The molecule has 0 fully saturated rings. The van der Waals surface area contributed by atoms with Gasteiger partial charge in [-0.05, 0) is 67.8 Å². The number of carbonyl (C=O) groups excluding carboxylic acids is 1. The van der Waals surface area contributed by atoms with E-state index in [1.807, 2.05) is 32.9 Å². The lowest BCUT2D eigenvalue weighted by Crippen LogP contribution is -2.22. The van der Waals surface area contributed by atoms with Gasteiger partial charge in [0.05, 0.1) is 27.2 Å². The average Bonchev–Trinajstić information content (AvgIpc) is 3.15. The predicted octanol–water partition coefficient (Wildman–Crippen LogP) is 4.05. The molecule has 6 nitrogen and oxygen atoms in total. The molecule has 2 aromatic heterocycles. The molecule has 0 aliphatic rings. The first-order chi connectivity index (χ1) is 14.3. The number of carbonyl (C=O) groups is 1. The van der Waals surface area contributed by atoms with Gasteiger partial charge in [0.2, 0.25) is 0 Å². The molecular formula is C22H19ClN2O4S. The van der Waals surface area contributed by atoms with Gasteiger partial charge in [-0.3, -0.25) is 9.59 Å². The quantitative estimate of drug-likeness (QED) is 0.352. The summed E-state index contributed by atoms with van der Waals surface area (Å²) < 4.78 is 12.9. The maximum atomic E-state index is 13.1. The van der Waals surface area contributed by atoms with Crippen LogP contribution in [0.5, 0.6) is 11.5 Å². The molecule has 0 saturated carbocycles. The highest BCUT2D eigenvalue weighted by molar-refractivity contribution is 7.15. The maximum absolute atomic E-state index is 13.1. The third kappa shape index (κ3) is 3.55. The van der Waals surface area contributed by atoms with E-state index in [0.29, 0.717) is 27.4 Å². The van der Waals surface area contributed by atoms with Crippen molar-refractivity contribution in [3.05, 3.63) is 60.9 Å². The first kappa shape index (κ1) is 20.4. The number of halogens is 1. The molecule has 30 heavy (non-hydrogen) atoms. The van der Waals surface area contributed by atoms with Crippen LogP contribution in [0.3, 0.4) is 0 Å². The molecule has 154 valence electrons. The summed E-state index contributed by atoms with van der Waals surface area (Å²) in [6.45, 7) is 7.53. The second-order valence-corrected chi connectivity index (χ2v) is 8.34. The van der Waals surface area contributed by atoms with Crippen LogP contribution in [0, 0.1) is 13.8 Å². The van der Waals surface area contributed by atoms with Crippen molar-refractivity contribution < 1.29 is 14.3 Å². The van der Waals surface area contributed by atoms with Gasteiger partial charge < -0.3 is 9.47 Å².